The molecule has 1 aromatic rings. The predicted molar refractivity (Wildman–Crippen MR) is 68.8 cm³/mol. The smallest absolute Gasteiger partial charge is 0.274 e. The Morgan fingerprint density at radius 2 is 2.22 bits per heavy atom. The van der Waals surface area contributed by atoms with Crippen molar-refractivity contribution in [3.63, 3.8) is 0 Å². The van der Waals surface area contributed by atoms with E-state index in [2.05, 4.69) is 15.4 Å². The Hall–Kier alpha value is -1.69. The van der Waals surface area contributed by atoms with Gasteiger partial charge in [0.25, 0.3) is 5.91 Å². The number of anilines is 1. The summed E-state index contributed by atoms with van der Waals surface area (Å²) in [6, 6.07) is 0.346. The van der Waals surface area contributed by atoms with Crippen LogP contribution in [0.25, 0.3) is 0 Å². The van der Waals surface area contributed by atoms with Crippen LogP contribution in [-0.2, 0) is 0 Å². The first-order chi connectivity index (χ1) is 8.76. The van der Waals surface area contributed by atoms with Gasteiger partial charge in [-0.2, -0.15) is 0 Å². The van der Waals surface area contributed by atoms with Crippen molar-refractivity contribution in [2.24, 2.45) is 5.84 Å². The van der Waals surface area contributed by atoms with E-state index in [9.17, 15) is 4.79 Å². The van der Waals surface area contributed by atoms with Crippen LogP contribution in [0.2, 0.25) is 0 Å². The lowest BCUT2D eigenvalue weighted by atomic mass is 10.2. The fourth-order valence-corrected chi connectivity index (χ4v) is 2.47. The van der Waals surface area contributed by atoms with E-state index in [1.807, 2.05) is 11.8 Å². The normalized spacial score (nSPS) is 15.7. The van der Waals surface area contributed by atoms with Crippen LogP contribution in [0.1, 0.15) is 43.1 Å². The van der Waals surface area contributed by atoms with Crippen molar-refractivity contribution in [1.82, 2.24) is 14.9 Å². The Balaban J connectivity index is 2.16. The van der Waals surface area contributed by atoms with Crippen molar-refractivity contribution < 1.29 is 4.79 Å². The van der Waals surface area contributed by atoms with Gasteiger partial charge in [0.15, 0.2) is 5.82 Å². The van der Waals surface area contributed by atoms with E-state index in [0.717, 1.165) is 12.8 Å². The fourth-order valence-electron chi connectivity index (χ4n) is 2.47. The molecule has 2 rings (SSSR count). The molecule has 1 aliphatic carbocycles. The summed E-state index contributed by atoms with van der Waals surface area (Å²) in [5, 5.41) is 0. The molecule has 0 saturated heterocycles. The standard InChI is InChI=1S/C12H19N5O/c1-2-17(9-5-3-4-6-9)12(18)10-7-14-8-11(15-10)16-13/h7-9H,2-6,13H2,1H3,(H,15,16). The molecule has 1 fully saturated rings. The van der Waals surface area contributed by atoms with Gasteiger partial charge in [-0.15, -0.1) is 0 Å². The summed E-state index contributed by atoms with van der Waals surface area (Å²) in [5.74, 6) is 5.62. The van der Waals surface area contributed by atoms with Crippen molar-refractivity contribution in [3.05, 3.63) is 18.1 Å². The van der Waals surface area contributed by atoms with Gasteiger partial charge in [0, 0.05) is 12.6 Å². The zero-order valence-electron chi connectivity index (χ0n) is 10.6. The molecule has 1 amide bonds. The molecular weight excluding hydrogens is 230 g/mol. The van der Waals surface area contributed by atoms with Gasteiger partial charge in [0.1, 0.15) is 5.69 Å². The van der Waals surface area contributed by atoms with Gasteiger partial charge in [-0.05, 0) is 19.8 Å². The summed E-state index contributed by atoms with van der Waals surface area (Å²) in [6.45, 7) is 2.69. The maximum atomic E-state index is 12.4. The summed E-state index contributed by atoms with van der Waals surface area (Å²) in [4.78, 5) is 22.4. The van der Waals surface area contributed by atoms with Crippen molar-refractivity contribution in [2.75, 3.05) is 12.0 Å². The topological polar surface area (TPSA) is 84.1 Å². The Labute approximate surface area is 107 Å². The summed E-state index contributed by atoms with van der Waals surface area (Å²) in [6.07, 6.45) is 7.54. The van der Waals surface area contributed by atoms with Gasteiger partial charge in [0.2, 0.25) is 0 Å². The van der Waals surface area contributed by atoms with Crippen LogP contribution in [0, 0.1) is 0 Å². The maximum absolute atomic E-state index is 12.4. The molecule has 0 aromatic carbocycles. The van der Waals surface area contributed by atoms with Crippen LogP contribution < -0.4 is 11.3 Å². The van der Waals surface area contributed by atoms with Gasteiger partial charge in [-0.25, -0.2) is 10.8 Å². The minimum atomic E-state index is -0.0611. The van der Waals surface area contributed by atoms with E-state index < -0.39 is 0 Å². The minimum absolute atomic E-state index is 0.0611. The van der Waals surface area contributed by atoms with E-state index in [1.165, 1.54) is 25.2 Å². The Morgan fingerprint density at radius 1 is 1.50 bits per heavy atom. The number of hydrazine groups is 1. The number of nitrogens with two attached hydrogens (primary N) is 1. The molecule has 1 saturated carbocycles. The fraction of sp³-hybridized carbons (Fsp3) is 0.583. The van der Waals surface area contributed by atoms with Crippen LogP contribution in [0.5, 0.6) is 0 Å². The number of nitrogens with one attached hydrogen (secondary N) is 1. The number of hydrogen-bond acceptors (Lipinski definition) is 5. The SMILES string of the molecule is CCN(C(=O)c1cncc(NN)n1)C1CCCC1. The van der Waals surface area contributed by atoms with Gasteiger partial charge in [0.05, 0.1) is 12.4 Å². The quantitative estimate of drug-likeness (QED) is 0.618. The first kappa shape index (κ1) is 12.8. The lowest BCUT2D eigenvalue weighted by Crippen LogP contribution is -2.39. The first-order valence-electron chi connectivity index (χ1n) is 6.36. The predicted octanol–water partition coefficient (Wildman–Crippen LogP) is 1.17. The van der Waals surface area contributed by atoms with Crippen LogP contribution in [0.3, 0.4) is 0 Å². The average molecular weight is 249 g/mol. The molecule has 3 N–H and O–H groups in total. The van der Waals surface area contributed by atoms with E-state index in [0.29, 0.717) is 24.1 Å². The van der Waals surface area contributed by atoms with Gasteiger partial charge in [-0.1, -0.05) is 12.8 Å². The Kier molecular flexibility index (Phi) is 4.09. The highest BCUT2D eigenvalue weighted by Gasteiger charge is 2.27. The third-order valence-electron chi connectivity index (χ3n) is 3.37. The van der Waals surface area contributed by atoms with Gasteiger partial charge >= 0.3 is 0 Å². The summed E-state index contributed by atoms with van der Waals surface area (Å²) < 4.78 is 0. The van der Waals surface area contributed by atoms with Crippen molar-refractivity contribution >= 4 is 11.7 Å². The second-order valence-electron chi connectivity index (χ2n) is 4.46. The highest BCUT2D eigenvalue weighted by Crippen LogP contribution is 2.24. The number of aromatic nitrogens is 2. The Bertz CT molecular complexity index is 417. The van der Waals surface area contributed by atoms with E-state index in [-0.39, 0.29) is 5.91 Å². The highest BCUT2D eigenvalue weighted by molar-refractivity contribution is 5.92. The molecule has 1 heterocycles. The number of nitrogens with zero attached hydrogens (tertiary/aromatic N) is 3. The number of nitrogen functional groups attached to an aromatic ring is 1. The number of hydrogen-bond donors (Lipinski definition) is 2. The molecule has 0 unspecified atom stereocenters. The zero-order chi connectivity index (χ0) is 13.0. The molecule has 6 heteroatoms. The number of rotatable bonds is 4. The molecule has 98 valence electrons. The molecule has 0 bridgehead atoms. The summed E-state index contributed by atoms with van der Waals surface area (Å²) in [5.41, 5.74) is 2.75. The second-order valence-corrected chi connectivity index (χ2v) is 4.46. The van der Waals surface area contributed by atoms with Gasteiger partial charge < -0.3 is 10.3 Å². The lowest BCUT2D eigenvalue weighted by molar-refractivity contribution is 0.0687. The largest absolute Gasteiger partial charge is 0.335 e. The van der Waals surface area contributed by atoms with Crippen LogP contribution in [0.15, 0.2) is 12.4 Å². The monoisotopic (exact) mass is 249 g/mol. The molecule has 0 aliphatic heterocycles. The number of carbonyl (C=O) groups is 1. The van der Waals surface area contributed by atoms with E-state index in [1.54, 1.807) is 0 Å². The molecular formula is C12H19N5O. The van der Waals surface area contributed by atoms with Gasteiger partial charge in [-0.3, -0.25) is 9.78 Å². The number of amides is 1. The first-order valence-corrected chi connectivity index (χ1v) is 6.36. The average Bonchev–Trinajstić information content (AvgIpc) is 2.93. The molecule has 0 spiro atoms. The van der Waals surface area contributed by atoms with Crippen LogP contribution in [-0.4, -0.2) is 33.4 Å². The zero-order valence-corrected chi connectivity index (χ0v) is 10.6. The number of carbonyl (C=O) groups excluding carboxylic acids is 1. The Morgan fingerprint density at radius 3 is 2.83 bits per heavy atom. The highest BCUT2D eigenvalue weighted by atomic mass is 16.2. The second kappa shape index (κ2) is 5.77. The van der Waals surface area contributed by atoms with Crippen LogP contribution in [0.4, 0.5) is 5.82 Å². The summed E-state index contributed by atoms with van der Waals surface area (Å²) in [7, 11) is 0. The molecule has 1 aliphatic rings. The lowest BCUT2D eigenvalue weighted by Gasteiger charge is -2.27. The molecule has 0 radical (unpaired) electrons. The molecule has 18 heavy (non-hydrogen) atoms. The van der Waals surface area contributed by atoms with Crippen molar-refractivity contribution in [2.45, 2.75) is 38.6 Å². The maximum Gasteiger partial charge on any atom is 0.274 e. The van der Waals surface area contributed by atoms with E-state index >= 15 is 0 Å². The van der Waals surface area contributed by atoms with E-state index in [4.69, 9.17) is 5.84 Å². The molecule has 1 aromatic heterocycles. The van der Waals surface area contributed by atoms with Crippen molar-refractivity contribution in [1.29, 1.82) is 0 Å². The minimum Gasteiger partial charge on any atom is -0.335 e. The molecule has 6 nitrogen and oxygen atoms in total. The van der Waals surface area contributed by atoms with Crippen LogP contribution >= 0.6 is 0 Å². The molecule has 0 atom stereocenters. The summed E-state index contributed by atoms with van der Waals surface area (Å²) >= 11 is 0. The third kappa shape index (κ3) is 2.59. The third-order valence-corrected chi connectivity index (χ3v) is 3.37. The van der Waals surface area contributed by atoms with Crippen molar-refractivity contribution in [3.8, 4) is 0 Å².